The normalized spacial score (nSPS) is 10.5. The van der Waals surface area contributed by atoms with Gasteiger partial charge in [-0.2, -0.15) is 0 Å². The van der Waals surface area contributed by atoms with Crippen molar-refractivity contribution in [1.29, 1.82) is 0 Å². The highest BCUT2D eigenvalue weighted by Crippen LogP contribution is 2.24. The second-order valence-electron chi connectivity index (χ2n) is 5.43. The topological polar surface area (TPSA) is 117 Å². The minimum atomic E-state index is -0.751. The Hall–Kier alpha value is -3.55. The second-order valence-corrected chi connectivity index (χ2v) is 5.43. The zero-order valence-corrected chi connectivity index (χ0v) is 14.2. The second kappa shape index (κ2) is 7.14. The summed E-state index contributed by atoms with van der Waals surface area (Å²) in [6.07, 6.45) is 2.71. The first-order valence-corrected chi connectivity index (χ1v) is 7.73. The molecule has 3 aromatic rings. The highest BCUT2D eigenvalue weighted by molar-refractivity contribution is 5.98. The van der Waals surface area contributed by atoms with Gasteiger partial charge >= 0.3 is 11.9 Å². The lowest BCUT2D eigenvalue weighted by Gasteiger charge is -2.13. The van der Waals surface area contributed by atoms with Crippen LogP contribution in [-0.4, -0.2) is 34.0 Å². The molecule has 2 N–H and O–H groups in total. The number of aryl methyl sites for hydroxylation is 1. The number of aromatic nitrogens is 3. The summed E-state index contributed by atoms with van der Waals surface area (Å²) in [5.74, 6) is -1.34. The third kappa shape index (κ3) is 3.16. The molecule has 2 aromatic heterocycles. The van der Waals surface area contributed by atoms with Crippen LogP contribution in [-0.2, 0) is 16.1 Å². The van der Waals surface area contributed by atoms with Gasteiger partial charge in [0.05, 0.1) is 23.9 Å². The van der Waals surface area contributed by atoms with Gasteiger partial charge in [-0.05, 0) is 18.6 Å². The Bertz CT molecular complexity index is 1000. The van der Waals surface area contributed by atoms with Gasteiger partial charge in [-0.25, -0.2) is 24.5 Å². The maximum atomic E-state index is 12.2. The van der Waals surface area contributed by atoms with Crippen LogP contribution in [0.1, 0.15) is 32.1 Å². The van der Waals surface area contributed by atoms with Crippen LogP contribution in [0.2, 0.25) is 0 Å². The first-order valence-electron chi connectivity index (χ1n) is 7.73. The molecule has 0 amide bonds. The first kappa shape index (κ1) is 17.3. The fourth-order valence-corrected chi connectivity index (χ4v) is 2.63. The number of nitrogen functional groups attached to an aromatic ring is 1. The molecule has 0 unspecified atom stereocenters. The number of hydrogen-bond donors (Lipinski definition) is 1. The van der Waals surface area contributed by atoms with Crippen LogP contribution in [0, 0.1) is 6.92 Å². The van der Waals surface area contributed by atoms with Crippen molar-refractivity contribution in [3.63, 3.8) is 0 Å². The molecule has 0 saturated carbocycles. The molecule has 0 aliphatic carbocycles. The summed E-state index contributed by atoms with van der Waals surface area (Å²) in [6, 6.07) is 7.37. The molecule has 0 spiro atoms. The van der Waals surface area contributed by atoms with Crippen molar-refractivity contribution in [1.82, 2.24) is 15.0 Å². The van der Waals surface area contributed by atoms with Crippen LogP contribution in [0.4, 0.5) is 5.82 Å². The largest absolute Gasteiger partial charge is 0.465 e. The lowest BCUT2D eigenvalue weighted by Crippen LogP contribution is -2.15. The quantitative estimate of drug-likeness (QED) is 0.709. The van der Waals surface area contributed by atoms with Gasteiger partial charge in [-0.15, -0.1) is 0 Å². The summed E-state index contributed by atoms with van der Waals surface area (Å²) in [7, 11) is 1.28. The van der Waals surface area contributed by atoms with Gasteiger partial charge in [-0.1, -0.05) is 18.2 Å². The molecule has 0 radical (unpaired) electrons. The van der Waals surface area contributed by atoms with Gasteiger partial charge in [0.15, 0.2) is 11.5 Å². The van der Waals surface area contributed by atoms with Crippen molar-refractivity contribution in [2.24, 2.45) is 0 Å². The summed E-state index contributed by atoms with van der Waals surface area (Å²) in [5.41, 5.74) is 7.48. The molecular formula is C18H16N4O4. The number of ether oxygens (including phenoxy) is 2. The molecule has 0 aliphatic heterocycles. The van der Waals surface area contributed by atoms with Gasteiger partial charge in [0.2, 0.25) is 0 Å². The van der Waals surface area contributed by atoms with Crippen LogP contribution in [0.15, 0.2) is 36.7 Å². The molecule has 8 heteroatoms. The number of pyridine rings is 1. The minimum absolute atomic E-state index is 0.0339. The van der Waals surface area contributed by atoms with E-state index in [9.17, 15) is 9.59 Å². The molecule has 3 rings (SSSR count). The van der Waals surface area contributed by atoms with E-state index in [2.05, 4.69) is 15.0 Å². The zero-order valence-electron chi connectivity index (χ0n) is 14.2. The summed E-state index contributed by atoms with van der Waals surface area (Å²) in [5, 5.41) is 0.821. The molecule has 1 aromatic carbocycles. The van der Waals surface area contributed by atoms with Gasteiger partial charge in [0.25, 0.3) is 0 Å². The molecule has 0 bridgehead atoms. The van der Waals surface area contributed by atoms with E-state index in [-0.39, 0.29) is 23.7 Å². The average molecular weight is 352 g/mol. The van der Waals surface area contributed by atoms with Crippen molar-refractivity contribution in [3.05, 3.63) is 59.2 Å². The molecule has 0 atom stereocenters. The molecular weight excluding hydrogens is 336 g/mol. The van der Waals surface area contributed by atoms with Crippen LogP contribution >= 0.6 is 0 Å². The maximum Gasteiger partial charge on any atom is 0.361 e. The van der Waals surface area contributed by atoms with Gasteiger partial charge in [0.1, 0.15) is 6.61 Å². The molecule has 0 aliphatic rings. The Kier molecular flexibility index (Phi) is 4.74. The number of nitrogens with zero attached hydrogens (tertiary/aromatic N) is 3. The SMILES string of the molecule is COC(=O)c1c(COC(=O)c2nccnc2N)nc2ccccc2c1C. The number of rotatable bonds is 4. The van der Waals surface area contributed by atoms with E-state index in [1.165, 1.54) is 19.5 Å². The van der Waals surface area contributed by atoms with Gasteiger partial charge in [0, 0.05) is 17.8 Å². The van der Waals surface area contributed by atoms with Crippen LogP contribution < -0.4 is 5.73 Å². The maximum absolute atomic E-state index is 12.2. The van der Waals surface area contributed by atoms with E-state index in [4.69, 9.17) is 15.2 Å². The monoisotopic (exact) mass is 352 g/mol. The summed E-state index contributed by atoms with van der Waals surface area (Å²) in [4.78, 5) is 36.5. The van der Waals surface area contributed by atoms with Crippen molar-refractivity contribution in [2.75, 3.05) is 12.8 Å². The fourth-order valence-electron chi connectivity index (χ4n) is 2.63. The van der Waals surface area contributed by atoms with E-state index in [1.54, 1.807) is 6.92 Å². The Morgan fingerprint density at radius 3 is 2.58 bits per heavy atom. The highest BCUT2D eigenvalue weighted by Gasteiger charge is 2.21. The number of carbonyl (C=O) groups excluding carboxylic acids is 2. The predicted octanol–water partition coefficient (Wildman–Crippen LogP) is 2.06. The standard InChI is InChI=1S/C18H16N4O4/c1-10-11-5-3-4-6-12(11)22-13(14(10)17(23)25-2)9-26-18(24)15-16(19)21-8-7-20-15/h3-8H,9H2,1-2H3,(H2,19,21). The third-order valence-corrected chi connectivity index (χ3v) is 3.88. The van der Waals surface area contributed by atoms with Crippen LogP contribution in [0.3, 0.4) is 0 Å². The van der Waals surface area contributed by atoms with Gasteiger partial charge < -0.3 is 15.2 Å². The highest BCUT2D eigenvalue weighted by atomic mass is 16.5. The molecule has 26 heavy (non-hydrogen) atoms. The number of hydrogen-bond acceptors (Lipinski definition) is 8. The van der Waals surface area contributed by atoms with Crippen molar-refractivity contribution >= 4 is 28.7 Å². The average Bonchev–Trinajstić information content (AvgIpc) is 2.66. The van der Waals surface area contributed by atoms with Crippen molar-refractivity contribution < 1.29 is 19.1 Å². The van der Waals surface area contributed by atoms with Crippen molar-refractivity contribution in [2.45, 2.75) is 13.5 Å². The van der Waals surface area contributed by atoms with Gasteiger partial charge in [-0.3, -0.25) is 0 Å². The number of carbonyl (C=O) groups is 2. The number of methoxy groups -OCH3 is 1. The lowest BCUT2D eigenvalue weighted by atomic mass is 10.0. The van der Waals surface area contributed by atoms with Crippen LogP contribution in [0.5, 0.6) is 0 Å². The molecule has 132 valence electrons. The van der Waals surface area contributed by atoms with E-state index < -0.39 is 11.9 Å². The Labute approximate surface area is 149 Å². The summed E-state index contributed by atoms with van der Waals surface area (Å²) < 4.78 is 10.1. The first-order chi connectivity index (χ1) is 12.5. The van der Waals surface area contributed by atoms with E-state index in [0.29, 0.717) is 16.8 Å². The number of nitrogens with two attached hydrogens (primary N) is 1. The fraction of sp³-hybridized carbons (Fsp3) is 0.167. The zero-order chi connectivity index (χ0) is 18.7. The summed E-state index contributed by atoms with van der Waals surface area (Å²) >= 11 is 0. The smallest absolute Gasteiger partial charge is 0.361 e. The van der Waals surface area contributed by atoms with Crippen molar-refractivity contribution in [3.8, 4) is 0 Å². The predicted molar refractivity (Wildman–Crippen MR) is 93.4 cm³/mol. The lowest BCUT2D eigenvalue weighted by molar-refractivity contribution is 0.0450. The molecule has 8 nitrogen and oxygen atoms in total. The molecule has 2 heterocycles. The Morgan fingerprint density at radius 1 is 1.12 bits per heavy atom. The number of benzene rings is 1. The Morgan fingerprint density at radius 2 is 1.85 bits per heavy atom. The third-order valence-electron chi connectivity index (χ3n) is 3.88. The van der Waals surface area contributed by atoms with Crippen LogP contribution in [0.25, 0.3) is 10.9 Å². The van der Waals surface area contributed by atoms with E-state index in [1.807, 2.05) is 24.3 Å². The Balaban J connectivity index is 1.97. The number of esters is 2. The number of anilines is 1. The summed E-state index contributed by atoms with van der Waals surface area (Å²) in [6.45, 7) is 1.56. The molecule has 0 saturated heterocycles. The minimum Gasteiger partial charge on any atom is -0.465 e. The molecule has 0 fully saturated rings. The number of fused-ring (bicyclic) bond motifs is 1. The number of para-hydroxylation sites is 1. The van der Waals surface area contributed by atoms with E-state index in [0.717, 1.165) is 5.39 Å². The van der Waals surface area contributed by atoms with E-state index >= 15 is 0 Å².